The molecule has 0 aromatic rings. The Morgan fingerprint density at radius 3 is 2.00 bits per heavy atom. The molecular weight excluding hydrogens is 288 g/mol. The zero-order valence-electron chi connectivity index (χ0n) is 14.0. The van der Waals surface area contributed by atoms with Gasteiger partial charge in [0.2, 0.25) is 0 Å². The molecule has 0 aliphatic heterocycles. The molecule has 4 nitrogen and oxygen atoms in total. The highest BCUT2D eigenvalue weighted by atomic mass is 32.2. The number of hydrogen-bond donors (Lipinski definition) is 2. The van der Waals surface area contributed by atoms with Crippen molar-refractivity contribution in [3.63, 3.8) is 0 Å². The van der Waals surface area contributed by atoms with Crippen LogP contribution in [0, 0.1) is 23.7 Å². The Bertz CT molecular complexity index is 345. The SMILES string of the molecule is CC[C@@H](O)[C@H](C)C(O)[C@@H](C)C(=O)[C@H](C)C[C@H](C)C(=O)SC. The first-order valence-corrected chi connectivity index (χ1v) is 8.87. The van der Waals surface area contributed by atoms with Crippen molar-refractivity contribution in [1.29, 1.82) is 0 Å². The third-order valence-corrected chi connectivity index (χ3v) is 5.13. The average molecular weight is 318 g/mol. The molecule has 0 spiro atoms. The van der Waals surface area contributed by atoms with Crippen molar-refractivity contribution in [2.75, 3.05) is 6.26 Å². The van der Waals surface area contributed by atoms with Gasteiger partial charge in [-0.2, -0.15) is 0 Å². The average Bonchev–Trinajstić information content (AvgIpc) is 2.49. The molecule has 0 saturated carbocycles. The Hall–Kier alpha value is -0.390. The van der Waals surface area contributed by atoms with Crippen molar-refractivity contribution in [2.45, 2.75) is 59.7 Å². The van der Waals surface area contributed by atoms with Gasteiger partial charge in [-0.3, -0.25) is 9.59 Å². The van der Waals surface area contributed by atoms with Crippen molar-refractivity contribution in [3.05, 3.63) is 0 Å². The fourth-order valence-electron chi connectivity index (χ4n) is 2.62. The molecule has 0 aromatic heterocycles. The highest BCUT2D eigenvalue weighted by Crippen LogP contribution is 2.25. The molecular formula is C16H30O4S. The van der Waals surface area contributed by atoms with E-state index in [0.29, 0.717) is 12.8 Å². The number of aliphatic hydroxyl groups excluding tert-OH is 2. The van der Waals surface area contributed by atoms with E-state index in [9.17, 15) is 19.8 Å². The standard InChI is InChI=1S/C16H30O4S/c1-7-13(17)11(4)15(19)12(5)14(18)9(2)8-10(3)16(20)21-6/h9-13,15,17,19H,7-8H2,1-6H3/t9-,10+,11+,12+,13-,15?/m1/s1. The second-order valence-electron chi connectivity index (χ2n) is 6.08. The summed E-state index contributed by atoms with van der Waals surface area (Å²) in [6.45, 7) is 8.93. The van der Waals surface area contributed by atoms with Crippen LogP contribution in [0.4, 0.5) is 0 Å². The maximum Gasteiger partial charge on any atom is 0.191 e. The van der Waals surface area contributed by atoms with E-state index in [2.05, 4.69) is 0 Å². The van der Waals surface area contributed by atoms with E-state index in [4.69, 9.17) is 0 Å². The van der Waals surface area contributed by atoms with Crippen LogP contribution in [0.2, 0.25) is 0 Å². The van der Waals surface area contributed by atoms with Gasteiger partial charge in [0.15, 0.2) is 5.12 Å². The van der Waals surface area contributed by atoms with Crippen LogP contribution in [-0.2, 0) is 9.59 Å². The highest BCUT2D eigenvalue weighted by molar-refractivity contribution is 8.13. The van der Waals surface area contributed by atoms with Crippen LogP contribution < -0.4 is 0 Å². The minimum atomic E-state index is -0.860. The van der Waals surface area contributed by atoms with E-state index < -0.39 is 18.1 Å². The molecule has 21 heavy (non-hydrogen) atoms. The smallest absolute Gasteiger partial charge is 0.191 e. The molecule has 2 N–H and O–H groups in total. The van der Waals surface area contributed by atoms with Gasteiger partial charge in [0, 0.05) is 23.7 Å². The molecule has 124 valence electrons. The third kappa shape index (κ3) is 6.09. The van der Waals surface area contributed by atoms with Crippen molar-refractivity contribution >= 4 is 22.7 Å². The van der Waals surface area contributed by atoms with Gasteiger partial charge in [-0.05, 0) is 19.1 Å². The first kappa shape index (κ1) is 20.6. The molecule has 0 heterocycles. The zero-order valence-corrected chi connectivity index (χ0v) is 14.8. The predicted molar refractivity (Wildman–Crippen MR) is 87.1 cm³/mol. The van der Waals surface area contributed by atoms with E-state index >= 15 is 0 Å². The fourth-order valence-corrected chi connectivity index (χ4v) is 3.11. The normalized spacial score (nSPS) is 20.2. The quantitative estimate of drug-likeness (QED) is 0.683. The van der Waals surface area contributed by atoms with Crippen molar-refractivity contribution < 1.29 is 19.8 Å². The minimum absolute atomic E-state index is 0.0431. The molecule has 0 amide bonds. The van der Waals surface area contributed by atoms with Crippen LogP contribution in [0.25, 0.3) is 0 Å². The van der Waals surface area contributed by atoms with Gasteiger partial charge in [0.1, 0.15) is 5.78 Å². The maximum absolute atomic E-state index is 12.4. The molecule has 6 atom stereocenters. The molecule has 0 aromatic carbocycles. The van der Waals surface area contributed by atoms with E-state index in [1.54, 1.807) is 27.0 Å². The summed E-state index contributed by atoms with van der Waals surface area (Å²) in [5, 5.41) is 20.1. The number of aliphatic hydroxyl groups is 2. The molecule has 0 fully saturated rings. The number of rotatable bonds is 9. The van der Waals surface area contributed by atoms with Gasteiger partial charge in [-0.15, -0.1) is 0 Å². The molecule has 0 radical (unpaired) electrons. The van der Waals surface area contributed by atoms with Gasteiger partial charge < -0.3 is 10.2 Å². The summed E-state index contributed by atoms with van der Waals surface area (Å²) in [5.74, 6) is -1.36. The number of carbonyl (C=O) groups is 2. The largest absolute Gasteiger partial charge is 0.393 e. The monoisotopic (exact) mass is 318 g/mol. The fraction of sp³-hybridized carbons (Fsp3) is 0.875. The Morgan fingerprint density at radius 2 is 1.57 bits per heavy atom. The van der Waals surface area contributed by atoms with Crippen molar-refractivity contribution in [2.24, 2.45) is 23.7 Å². The Balaban J connectivity index is 4.65. The summed E-state index contributed by atoms with van der Waals surface area (Å²) in [6, 6.07) is 0. The number of hydrogen-bond acceptors (Lipinski definition) is 5. The van der Waals surface area contributed by atoms with Crippen LogP contribution in [0.5, 0.6) is 0 Å². The first-order chi connectivity index (χ1) is 9.67. The highest BCUT2D eigenvalue weighted by Gasteiger charge is 2.33. The molecule has 1 unspecified atom stereocenters. The number of Topliss-reactive ketones (excluding diaryl/α,β-unsaturated/α-hetero) is 1. The molecule has 0 rings (SSSR count). The summed E-state index contributed by atoms with van der Waals surface area (Å²) in [6.07, 6.45) is 1.32. The van der Waals surface area contributed by atoms with E-state index in [1.165, 1.54) is 11.8 Å². The third-order valence-electron chi connectivity index (χ3n) is 4.32. The van der Waals surface area contributed by atoms with E-state index in [0.717, 1.165) is 0 Å². The topological polar surface area (TPSA) is 74.6 Å². The Labute approximate surface area is 132 Å². The molecule has 0 aliphatic rings. The predicted octanol–water partition coefficient (Wildman–Crippen LogP) is 2.51. The van der Waals surface area contributed by atoms with Gasteiger partial charge in [-0.25, -0.2) is 0 Å². The first-order valence-electron chi connectivity index (χ1n) is 7.64. The van der Waals surface area contributed by atoms with Gasteiger partial charge >= 0.3 is 0 Å². The lowest BCUT2D eigenvalue weighted by Gasteiger charge is -2.29. The summed E-state index contributed by atoms with van der Waals surface area (Å²) in [4.78, 5) is 24.0. The van der Waals surface area contributed by atoms with Crippen molar-refractivity contribution in [1.82, 2.24) is 0 Å². The van der Waals surface area contributed by atoms with Crippen LogP contribution in [0.3, 0.4) is 0 Å². The van der Waals surface area contributed by atoms with Crippen molar-refractivity contribution in [3.8, 4) is 0 Å². The summed E-state index contributed by atoms with van der Waals surface area (Å²) < 4.78 is 0. The van der Waals surface area contributed by atoms with E-state index in [1.807, 2.05) is 13.8 Å². The minimum Gasteiger partial charge on any atom is -0.393 e. The second-order valence-corrected chi connectivity index (χ2v) is 6.89. The van der Waals surface area contributed by atoms with Crippen LogP contribution >= 0.6 is 11.8 Å². The number of ketones is 1. The lowest BCUT2D eigenvalue weighted by atomic mass is 9.81. The van der Waals surface area contributed by atoms with Crippen LogP contribution in [0.1, 0.15) is 47.5 Å². The Kier molecular flexibility index (Phi) is 9.41. The molecule has 0 aliphatic carbocycles. The van der Waals surface area contributed by atoms with Gasteiger partial charge in [0.25, 0.3) is 0 Å². The van der Waals surface area contributed by atoms with Gasteiger partial charge in [0.05, 0.1) is 12.2 Å². The molecule has 0 saturated heterocycles. The van der Waals surface area contributed by atoms with E-state index in [-0.39, 0.29) is 28.7 Å². The summed E-state index contributed by atoms with van der Waals surface area (Å²) >= 11 is 1.18. The maximum atomic E-state index is 12.4. The number of carbonyl (C=O) groups excluding carboxylic acids is 2. The number of thioether (sulfide) groups is 1. The molecule has 0 bridgehead atoms. The lowest BCUT2D eigenvalue weighted by Crippen LogP contribution is -2.39. The zero-order chi connectivity index (χ0) is 16.7. The molecule has 5 heteroatoms. The van der Waals surface area contributed by atoms with Crippen LogP contribution in [-0.4, -0.2) is 39.6 Å². The summed E-state index contributed by atoms with van der Waals surface area (Å²) in [5.41, 5.74) is 0. The second kappa shape index (κ2) is 9.59. The van der Waals surface area contributed by atoms with Gasteiger partial charge in [-0.1, -0.05) is 46.4 Å². The Morgan fingerprint density at radius 1 is 1.05 bits per heavy atom. The van der Waals surface area contributed by atoms with Crippen LogP contribution in [0.15, 0.2) is 0 Å². The summed E-state index contributed by atoms with van der Waals surface area (Å²) in [7, 11) is 0. The lowest BCUT2D eigenvalue weighted by molar-refractivity contribution is -0.132.